The van der Waals surface area contributed by atoms with Gasteiger partial charge in [-0.15, -0.1) is 0 Å². The molecule has 0 saturated heterocycles. The third-order valence-electron chi connectivity index (χ3n) is 3.73. The zero-order valence-electron chi connectivity index (χ0n) is 10.4. The molecule has 1 aromatic rings. The van der Waals surface area contributed by atoms with E-state index in [1.54, 1.807) is 6.20 Å². The highest BCUT2D eigenvalue weighted by Gasteiger charge is 2.34. The van der Waals surface area contributed by atoms with Gasteiger partial charge in [-0.25, -0.2) is 4.98 Å². The zero-order valence-corrected chi connectivity index (χ0v) is 12.8. The number of halogens is 2. The summed E-state index contributed by atoms with van der Waals surface area (Å²) in [7, 11) is 0. The van der Waals surface area contributed by atoms with Crippen molar-refractivity contribution in [3.05, 3.63) is 21.8 Å². The molecule has 18 heavy (non-hydrogen) atoms. The van der Waals surface area contributed by atoms with Gasteiger partial charge in [0.15, 0.2) is 0 Å². The highest BCUT2D eigenvalue weighted by Crippen LogP contribution is 2.35. The van der Waals surface area contributed by atoms with Crippen LogP contribution in [-0.2, 0) is 0 Å². The van der Waals surface area contributed by atoms with E-state index in [9.17, 15) is 5.11 Å². The summed E-state index contributed by atoms with van der Waals surface area (Å²) in [5.41, 5.74) is -0.267. The van der Waals surface area contributed by atoms with Crippen LogP contribution in [-0.4, -0.2) is 22.2 Å². The number of nitrogens with one attached hydrogen (secondary N) is 1. The van der Waals surface area contributed by atoms with Crippen LogP contribution in [0.2, 0.25) is 5.02 Å². The summed E-state index contributed by atoms with van der Waals surface area (Å²) in [5.74, 6) is 1.39. The van der Waals surface area contributed by atoms with E-state index in [2.05, 4.69) is 33.2 Å². The SMILES string of the molecule is CC1CCC(CO)(Nc2ncc(Br)cc2Cl)CC1. The van der Waals surface area contributed by atoms with Gasteiger partial charge in [0.2, 0.25) is 0 Å². The fourth-order valence-corrected chi connectivity index (χ4v) is 3.07. The Morgan fingerprint density at radius 3 is 2.78 bits per heavy atom. The van der Waals surface area contributed by atoms with Crippen LogP contribution in [0.5, 0.6) is 0 Å². The van der Waals surface area contributed by atoms with Gasteiger partial charge in [-0.3, -0.25) is 0 Å². The number of nitrogens with zero attached hydrogens (tertiary/aromatic N) is 1. The van der Waals surface area contributed by atoms with Crippen molar-refractivity contribution in [2.45, 2.75) is 38.1 Å². The summed E-state index contributed by atoms with van der Waals surface area (Å²) in [6.45, 7) is 2.37. The van der Waals surface area contributed by atoms with Crippen molar-refractivity contribution in [3.63, 3.8) is 0 Å². The van der Waals surface area contributed by atoms with Gasteiger partial charge >= 0.3 is 0 Å². The van der Waals surface area contributed by atoms with Gasteiger partial charge < -0.3 is 10.4 Å². The van der Waals surface area contributed by atoms with E-state index in [0.29, 0.717) is 10.8 Å². The Hall–Kier alpha value is -0.320. The quantitative estimate of drug-likeness (QED) is 0.883. The first kappa shape index (κ1) is 14.1. The molecule has 0 aromatic carbocycles. The van der Waals surface area contributed by atoms with Crippen molar-refractivity contribution in [1.29, 1.82) is 0 Å². The summed E-state index contributed by atoms with van der Waals surface area (Å²) in [6.07, 6.45) is 5.88. The lowest BCUT2D eigenvalue weighted by atomic mass is 9.77. The molecule has 0 aliphatic heterocycles. The molecule has 1 aliphatic carbocycles. The third kappa shape index (κ3) is 3.16. The summed E-state index contributed by atoms with van der Waals surface area (Å²) in [4.78, 5) is 4.28. The highest BCUT2D eigenvalue weighted by molar-refractivity contribution is 9.10. The van der Waals surface area contributed by atoms with Crippen molar-refractivity contribution in [2.75, 3.05) is 11.9 Å². The first-order valence-corrected chi connectivity index (χ1v) is 7.42. The molecule has 0 atom stereocenters. The Morgan fingerprint density at radius 1 is 1.56 bits per heavy atom. The van der Waals surface area contributed by atoms with Crippen LogP contribution in [0, 0.1) is 5.92 Å². The summed E-state index contributed by atoms with van der Waals surface area (Å²) < 4.78 is 0.855. The fourth-order valence-electron chi connectivity index (χ4n) is 2.40. The standard InChI is InChI=1S/C13H18BrClN2O/c1-9-2-4-13(8-18,5-3-9)17-12-11(15)6-10(14)7-16-12/h6-7,9,18H,2-5,8H2,1H3,(H,16,17). The summed E-state index contributed by atoms with van der Waals surface area (Å²) in [5, 5.41) is 13.6. The van der Waals surface area contributed by atoms with Crippen LogP contribution in [0.25, 0.3) is 0 Å². The minimum Gasteiger partial charge on any atom is -0.394 e. The largest absolute Gasteiger partial charge is 0.394 e. The minimum absolute atomic E-state index is 0.119. The molecule has 2 N–H and O–H groups in total. The van der Waals surface area contributed by atoms with Crippen molar-refractivity contribution in [2.24, 2.45) is 5.92 Å². The van der Waals surface area contributed by atoms with Gasteiger partial charge in [0.05, 0.1) is 17.2 Å². The maximum absolute atomic E-state index is 9.69. The Morgan fingerprint density at radius 2 is 2.22 bits per heavy atom. The van der Waals surface area contributed by atoms with Gasteiger partial charge in [-0.2, -0.15) is 0 Å². The van der Waals surface area contributed by atoms with Crippen molar-refractivity contribution in [1.82, 2.24) is 4.98 Å². The first-order valence-electron chi connectivity index (χ1n) is 6.25. The van der Waals surface area contributed by atoms with Crippen LogP contribution in [0.3, 0.4) is 0 Å². The second-order valence-corrected chi connectivity index (χ2v) is 6.55. The maximum atomic E-state index is 9.69. The lowest BCUT2D eigenvalue weighted by molar-refractivity contribution is 0.155. The van der Waals surface area contributed by atoms with E-state index in [1.165, 1.54) is 0 Å². The molecule has 0 radical (unpaired) electrons. The van der Waals surface area contributed by atoms with Crippen LogP contribution in [0.1, 0.15) is 32.6 Å². The number of aliphatic hydroxyl groups is 1. The Labute approximate surface area is 121 Å². The fraction of sp³-hybridized carbons (Fsp3) is 0.615. The van der Waals surface area contributed by atoms with Crippen molar-refractivity contribution >= 4 is 33.3 Å². The number of aromatic nitrogens is 1. The predicted octanol–water partition coefficient (Wildman–Crippen LogP) is 3.85. The third-order valence-corrected chi connectivity index (χ3v) is 4.45. The summed E-state index contributed by atoms with van der Waals surface area (Å²) >= 11 is 9.50. The van der Waals surface area contributed by atoms with Crippen LogP contribution >= 0.6 is 27.5 Å². The predicted molar refractivity (Wildman–Crippen MR) is 78.0 cm³/mol. The molecule has 1 saturated carbocycles. The molecule has 1 aliphatic rings. The highest BCUT2D eigenvalue weighted by atomic mass is 79.9. The van der Waals surface area contributed by atoms with Gasteiger partial charge in [0.1, 0.15) is 5.82 Å². The molecule has 1 fully saturated rings. The molecule has 100 valence electrons. The van der Waals surface area contributed by atoms with Gasteiger partial charge in [0, 0.05) is 10.7 Å². The molecule has 3 nitrogen and oxygen atoms in total. The molecule has 0 unspecified atom stereocenters. The van der Waals surface area contributed by atoms with E-state index in [1.807, 2.05) is 6.07 Å². The molecule has 1 heterocycles. The number of hydrogen-bond donors (Lipinski definition) is 2. The van der Waals surface area contributed by atoms with E-state index < -0.39 is 0 Å². The topological polar surface area (TPSA) is 45.1 Å². The van der Waals surface area contributed by atoms with E-state index in [4.69, 9.17) is 11.6 Å². The Balaban J connectivity index is 2.15. The smallest absolute Gasteiger partial charge is 0.145 e. The van der Waals surface area contributed by atoms with Gasteiger partial charge in [0.25, 0.3) is 0 Å². The Bertz CT molecular complexity index is 419. The monoisotopic (exact) mass is 332 g/mol. The zero-order chi connectivity index (χ0) is 13.2. The van der Waals surface area contributed by atoms with E-state index in [-0.39, 0.29) is 12.1 Å². The van der Waals surface area contributed by atoms with Gasteiger partial charge in [-0.1, -0.05) is 18.5 Å². The second-order valence-electron chi connectivity index (χ2n) is 5.23. The average molecular weight is 334 g/mol. The molecule has 0 bridgehead atoms. The molecular weight excluding hydrogens is 316 g/mol. The normalized spacial score (nSPS) is 28.1. The average Bonchev–Trinajstić information content (AvgIpc) is 2.36. The Kier molecular flexibility index (Phi) is 4.51. The van der Waals surface area contributed by atoms with Crippen LogP contribution in [0.15, 0.2) is 16.7 Å². The van der Waals surface area contributed by atoms with Crippen molar-refractivity contribution in [3.8, 4) is 0 Å². The number of rotatable bonds is 3. The number of aliphatic hydroxyl groups excluding tert-OH is 1. The molecule has 0 amide bonds. The van der Waals surface area contributed by atoms with E-state index in [0.717, 1.165) is 36.1 Å². The number of hydrogen-bond acceptors (Lipinski definition) is 3. The molecule has 2 rings (SSSR count). The van der Waals surface area contributed by atoms with E-state index >= 15 is 0 Å². The van der Waals surface area contributed by atoms with Crippen LogP contribution in [0.4, 0.5) is 5.82 Å². The lowest BCUT2D eigenvalue weighted by Gasteiger charge is -2.39. The maximum Gasteiger partial charge on any atom is 0.145 e. The van der Waals surface area contributed by atoms with Crippen LogP contribution < -0.4 is 5.32 Å². The summed E-state index contributed by atoms with van der Waals surface area (Å²) in [6, 6.07) is 1.81. The van der Waals surface area contributed by atoms with Gasteiger partial charge in [-0.05, 0) is 53.6 Å². The second kappa shape index (κ2) is 5.76. The number of anilines is 1. The molecule has 5 heteroatoms. The molecule has 1 aromatic heterocycles. The first-order chi connectivity index (χ1) is 8.54. The minimum atomic E-state index is -0.267. The van der Waals surface area contributed by atoms with Crippen molar-refractivity contribution < 1.29 is 5.11 Å². The lowest BCUT2D eigenvalue weighted by Crippen LogP contribution is -2.45. The molecule has 0 spiro atoms. The molecular formula is C13H18BrClN2O. The number of pyridine rings is 1.